The van der Waals surface area contributed by atoms with Gasteiger partial charge in [0.2, 0.25) is 0 Å². The summed E-state index contributed by atoms with van der Waals surface area (Å²) in [5.74, 6) is -1.41. The summed E-state index contributed by atoms with van der Waals surface area (Å²) < 4.78 is 46.4. The number of methoxy groups -OCH3 is 1. The molecular formula is C19H21FN2O4S. The van der Waals surface area contributed by atoms with E-state index in [9.17, 15) is 17.6 Å². The van der Waals surface area contributed by atoms with E-state index in [1.54, 1.807) is 19.2 Å². The molecule has 0 aromatic heterocycles. The van der Waals surface area contributed by atoms with Crippen LogP contribution in [0.3, 0.4) is 0 Å². The minimum Gasteiger partial charge on any atom is -0.385 e. The molecule has 0 radical (unpaired) electrons. The molecule has 0 saturated carbocycles. The van der Waals surface area contributed by atoms with E-state index in [1.165, 1.54) is 10.4 Å². The first-order valence-corrected chi connectivity index (χ1v) is 10.1. The van der Waals surface area contributed by atoms with Crippen LogP contribution in [0.1, 0.15) is 22.3 Å². The van der Waals surface area contributed by atoms with Crippen molar-refractivity contribution in [3.05, 3.63) is 59.4 Å². The number of fused-ring (bicyclic) bond motifs is 1. The van der Waals surface area contributed by atoms with Gasteiger partial charge in [0, 0.05) is 26.8 Å². The van der Waals surface area contributed by atoms with Crippen LogP contribution in [0.5, 0.6) is 0 Å². The maximum Gasteiger partial charge on any atom is 0.264 e. The fourth-order valence-electron chi connectivity index (χ4n) is 3.04. The maximum atomic E-state index is 14.1. The highest BCUT2D eigenvalue weighted by atomic mass is 32.2. The van der Waals surface area contributed by atoms with Crippen LogP contribution in [0.15, 0.2) is 47.4 Å². The van der Waals surface area contributed by atoms with E-state index in [4.69, 9.17) is 4.74 Å². The van der Waals surface area contributed by atoms with Crippen molar-refractivity contribution in [3.63, 3.8) is 0 Å². The van der Waals surface area contributed by atoms with E-state index in [0.717, 1.165) is 17.7 Å². The predicted molar refractivity (Wildman–Crippen MR) is 99.9 cm³/mol. The van der Waals surface area contributed by atoms with Gasteiger partial charge in [0.15, 0.2) is 0 Å². The van der Waals surface area contributed by atoms with E-state index in [1.807, 2.05) is 12.1 Å². The van der Waals surface area contributed by atoms with Gasteiger partial charge in [0.25, 0.3) is 15.9 Å². The van der Waals surface area contributed by atoms with E-state index in [0.29, 0.717) is 38.2 Å². The predicted octanol–water partition coefficient (Wildman–Crippen LogP) is 2.34. The quantitative estimate of drug-likeness (QED) is 0.734. The fraction of sp³-hybridized carbons (Fsp3) is 0.316. The van der Waals surface area contributed by atoms with Crippen LogP contribution in [0.25, 0.3) is 0 Å². The molecule has 0 fully saturated rings. The number of ether oxygens (including phenoxy) is 1. The molecule has 8 heteroatoms. The highest BCUT2D eigenvalue weighted by Gasteiger charge is 2.31. The summed E-state index contributed by atoms with van der Waals surface area (Å²) in [4.78, 5) is 12.1. The van der Waals surface area contributed by atoms with E-state index < -0.39 is 21.7 Å². The Hall–Kier alpha value is -2.45. The number of rotatable bonds is 7. The molecule has 0 bridgehead atoms. The molecule has 144 valence electrons. The van der Waals surface area contributed by atoms with Crippen LogP contribution in [-0.2, 0) is 21.2 Å². The number of sulfonamides is 1. The van der Waals surface area contributed by atoms with Gasteiger partial charge in [-0.2, -0.15) is 0 Å². The van der Waals surface area contributed by atoms with Crippen molar-refractivity contribution in [2.45, 2.75) is 17.7 Å². The second-order valence-corrected chi connectivity index (χ2v) is 8.06. The molecule has 6 nitrogen and oxygen atoms in total. The summed E-state index contributed by atoms with van der Waals surface area (Å²) in [5, 5.41) is 2.57. The number of nitrogens with zero attached hydrogens (tertiary/aromatic N) is 1. The summed E-state index contributed by atoms with van der Waals surface area (Å²) in [6.45, 7) is 1.09. The standard InChI is InChI=1S/C19H21FN2O4S/c1-26-12-4-10-21-19(23)16-13-15(7-8-17(16)20)27(24,25)22-11-9-14-5-2-3-6-18(14)22/h2-3,5-8,13H,4,9-12H2,1H3,(H,21,23). The Morgan fingerprint density at radius 1 is 1.26 bits per heavy atom. The first kappa shape index (κ1) is 19.3. The van der Waals surface area contributed by atoms with Crippen molar-refractivity contribution in [2.24, 2.45) is 0 Å². The number of anilines is 1. The number of benzene rings is 2. The second-order valence-electron chi connectivity index (χ2n) is 6.20. The molecule has 0 aliphatic carbocycles. The largest absolute Gasteiger partial charge is 0.385 e. The highest BCUT2D eigenvalue weighted by molar-refractivity contribution is 7.92. The van der Waals surface area contributed by atoms with Crippen molar-refractivity contribution in [3.8, 4) is 0 Å². The Bertz CT molecular complexity index is 946. The molecule has 1 heterocycles. The summed E-state index contributed by atoms with van der Waals surface area (Å²) >= 11 is 0. The van der Waals surface area contributed by atoms with Crippen LogP contribution in [-0.4, -0.2) is 41.1 Å². The molecule has 0 spiro atoms. The molecule has 0 unspecified atom stereocenters. The fourth-order valence-corrected chi connectivity index (χ4v) is 4.57. The van der Waals surface area contributed by atoms with Crippen LogP contribution in [0, 0.1) is 5.82 Å². The maximum absolute atomic E-state index is 14.1. The molecule has 1 amide bonds. The van der Waals surface area contributed by atoms with Crippen molar-refractivity contribution >= 4 is 21.6 Å². The molecule has 1 aliphatic rings. The van der Waals surface area contributed by atoms with Gasteiger partial charge in [-0.25, -0.2) is 12.8 Å². The second kappa shape index (κ2) is 8.06. The van der Waals surface area contributed by atoms with E-state index in [2.05, 4.69) is 5.32 Å². The molecule has 3 rings (SSSR count). The summed E-state index contributed by atoms with van der Waals surface area (Å²) in [6.07, 6.45) is 1.19. The Kier molecular flexibility index (Phi) is 5.76. The third kappa shape index (κ3) is 3.96. The average Bonchev–Trinajstić information content (AvgIpc) is 3.10. The third-order valence-corrected chi connectivity index (χ3v) is 6.23. The molecule has 2 aromatic rings. The topological polar surface area (TPSA) is 75.7 Å². The zero-order valence-electron chi connectivity index (χ0n) is 14.9. The van der Waals surface area contributed by atoms with Crippen molar-refractivity contribution in [1.29, 1.82) is 0 Å². The normalized spacial score (nSPS) is 13.5. The van der Waals surface area contributed by atoms with Gasteiger partial charge in [0.1, 0.15) is 5.82 Å². The molecule has 27 heavy (non-hydrogen) atoms. The number of para-hydroxylation sites is 1. The number of hydrogen-bond acceptors (Lipinski definition) is 4. The molecule has 0 saturated heterocycles. The Labute approximate surface area is 158 Å². The van der Waals surface area contributed by atoms with Crippen molar-refractivity contribution in [1.82, 2.24) is 5.32 Å². The summed E-state index contributed by atoms with van der Waals surface area (Å²) in [5.41, 5.74) is 1.27. The Morgan fingerprint density at radius 3 is 2.81 bits per heavy atom. The molecular weight excluding hydrogens is 371 g/mol. The first-order valence-electron chi connectivity index (χ1n) is 8.62. The summed E-state index contributed by atoms with van der Waals surface area (Å²) in [7, 11) is -2.34. The minimum atomic E-state index is -3.89. The summed E-state index contributed by atoms with van der Waals surface area (Å²) in [6, 6.07) is 10.6. The molecule has 1 aliphatic heterocycles. The van der Waals surface area contributed by atoms with Crippen molar-refractivity contribution in [2.75, 3.05) is 31.1 Å². The SMILES string of the molecule is COCCCNC(=O)c1cc(S(=O)(=O)N2CCc3ccccc32)ccc1F. The van der Waals surface area contributed by atoms with Gasteiger partial charge in [-0.3, -0.25) is 9.10 Å². The Morgan fingerprint density at radius 2 is 2.04 bits per heavy atom. The van der Waals surface area contributed by atoms with Gasteiger partial charge in [-0.15, -0.1) is 0 Å². The van der Waals surface area contributed by atoms with Gasteiger partial charge in [-0.1, -0.05) is 18.2 Å². The van der Waals surface area contributed by atoms with Crippen LogP contribution >= 0.6 is 0 Å². The van der Waals surface area contributed by atoms with Crippen LogP contribution in [0.2, 0.25) is 0 Å². The molecule has 2 aromatic carbocycles. The average molecular weight is 392 g/mol. The lowest BCUT2D eigenvalue weighted by Gasteiger charge is -2.20. The lowest BCUT2D eigenvalue weighted by Crippen LogP contribution is -2.30. The van der Waals surface area contributed by atoms with E-state index >= 15 is 0 Å². The lowest BCUT2D eigenvalue weighted by molar-refractivity contribution is 0.0944. The molecule has 0 atom stereocenters. The Balaban J connectivity index is 1.86. The van der Waals surface area contributed by atoms with Crippen molar-refractivity contribution < 1.29 is 22.3 Å². The van der Waals surface area contributed by atoms with Crippen LogP contribution in [0.4, 0.5) is 10.1 Å². The number of carbonyl (C=O) groups is 1. The smallest absolute Gasteiger partial charge is 0.264 e. The third-order valence-electron chi connectivity index (χ3n) is 4.43. The first-order chi connectivity index (χ1) is 12.9. The zero-order valence-corrected chi connectivity index (χ0v) is 15.8. The van der Waals surface area contributed by atoms with Crippen LogP contribution < -0.4 is 9.62 Å². The van der Waals surface area contributed by atoms with Gasteiger partial charge in [-0.05, 0) is 42.7 Å². The lowest BCUT2D eigenvalue weighted by atomic mass is 10.2. The number of hydrogen-bond donors (Lipinski definition) is 1. The molecule has 1 N–H and O–H groups in total. The van der Waals surface area contributed by atoms with E-state index in [-0.39, 0.29) is 10.5 Å². The van der Waals surface area contributed by atoms with Gasteiger partial charge >= 0.3 is 0 Å². The number of amides is 1. The zero-order chi connectivity index (χ0) is 19.4. The number of nitrogens with one attached hydrogen (secondary N) is 1. The highest BCUT2D eigenvalue weighted by Crippen LogP contribution is 2.33. The van der Waals surface area contributed by atoms with Gasteiger partial charge in [0.05, 0.1) is 16.1 Å². The monoisotopic (exact) mass is 392 g/mol. The number of halogens is 1. The minimum absolute atomic E-state index is 0.109. The van der Waals surface area contributed by atoms with Gasteiger partial charge < -0.3 is 10.1 Å². The number of carbonyl (C=O) groups excluding carboxylic acids is 1.